The average Bonchev–Trinajstić information content (AvgIpc) is 3.22. The highest BCUT2D eigenvalue weighted by Crippen LogP contribution is 2.32. The summed E-state index contributed by atoms with van der Waals surface area (Å²) in [5, 5.41) is 8.21. The highest BCUT2D eigenvalue weighted by molar-refractivity contribution is 7.14. The number of anilines is 3. The summed E-state index contributed by atoms with van der Waals surface area (Å²) >= 11 is 1.32. The number of hydrogen-bond donors (Lipinski definition) is 2. The van der Waals surface area contributed by atoms with E-state index in [0.29, 0.717) is 33.8 Å². The molecular weight excluding hydrogens is 394 g/mol. The van der Waals surface area contributed by atoms with Crippen LogP contribution in [0.1, 0.15) is 10.5 Å². The molecule has 0 radical (unpaired) electrons. The summed E-state index contributed by atoms with van der Waals surface area (Å²) in [5.41, 5.74) is 1.58. The quantitative estimate of drug-likeness (QED) is 0.570. The van der Waals surface area contributed by atoms with Crippen LogP contribution in [0, 0.1) is 0 Å². The first-order valence-electron chi connectivity index (χ1n) is 8.56. The molecule has 3 rings (SSSR count). The van der Waals surface area contributed by atoms with Gasteiger partial charge < -0.3 is 29.6 Å². The highest BCUT2D eigenvalue weighted by atomic mass is 32.1. The molecule has 0 unspecified atom stereocenters. The van der Waals surface area contributed by atoms with Gasteiger partial charge in [-0.25, -0.2) is 4.98 Å². The Bertz CT molecular complexity index is 1010. The van der Waals surface area contributed by atoms with E-state index in [1.54, 1.807) is 57.0 Å². The molecule has 2 N–H and O–H groups in total. The van der Waals surface area contributed by atoms with Crippen LogP contribution in [0.15, 0.2) is 41.8 Å². The van der Waals surface area contributed by atoms with Gasteiger partial charge >= 0.3 is 0 Å². The summed E-state index contributed by atoms with van der Waals surface area (Å²) in [5.74, 6) is 2.01. The van der Waals surface area contributed by atoms with Crippen LogP contribution in [0.25, 0.3) is 0 Å². The van der Waals surface area contributed by atoms with Gasteiger partial charge in [0.25, 0.3) is 5.91 Å². The number of benzene rings is 2. The minimum absolute atomic E-state index is 0.288. The van der Waals surface area contributed by atoms with Crippen molar-refractivity contribution in [2.24, 2.45) is 0 Å². The summed E-state index contributed by atoms with van der Waals surface area (Å²) < 4.78 is 21.0. The smallest absolute Gasteiger partial charge is 0.275 e. The molecule has 152 valence electrons. The number of ether oxygens (including phenoxy) is 4. The number of nitrogens with zero attached hydrogens (tertiary/aromatic N) is 1. The largest absolute Gasteiger partial charge is 0.497 e. The fraction of sp³-hybridized carbons (Fsp3) is 0.200. The monoisotopic (exact) mass is 415 g/mol. The number of rotatable bonds is 8. The molecule has 0 saturated carbocycles. The lowest BCUT2D eigenvalue weighted by molar-refractivity contribution is 0.102. The molecular formula is C20H21N3O5S. The number of carbonyl (C=O) groups is 1. The van der Waals surface area contributed by atoms with E-state index in [4.69, 9.17) is 18.9 Å². The zero-order chi connectivity index (χ0) is 20.8. The standard InChI is InChI=1S/C20H21N3O5S/c1-25-13-6-7-14(17(10-13)27-3)22-19(24)15-11-29-20(23-15)21-12-5-8-16(26-2)18(9-12)28-4/h5-11H,1-4H3,(H,21,23)(H,22,24). The van der Waals surface area contributed by atoms with Crippen LogP contribution in [0.3, 0.4) is 0 Å². The van der Waals surface area contributed by atoms with Crippen molar-refractivity contribution in [1.29, 1.82) is 0 Å². The van der Waals surface area contributed by atoms with Gasteiger partial charge in [0, 0.05) is 23.2 Å². The van der Waals surface area contributed by atoms with Crippen LogP contribution < -0.4 is 29.6 Å². The number of thiazole rings is 1. The summed E-state index contributed by atoms with van der Waals surface area (Å²) in [4.78, 5) is 16.9. The van der Waals surface area contributed by atoms with E-state index in [1.807, 2.05) is 6.07 Å². The van der Waals surface area contributed by atoms with E-state index in [9.17, 15) is 4.79 Å². The Morgan fingerprint density at radius 1 is 0.897 bits per heavy atom. The van der Waals surface area contributed by atoms with E-state index < -0.39 is 0 Å². The first kappa shape index (κ1) is 20.3. The van der Waals surface area contributed by atoms with Crippen LogP contribution in [0.2, 0.25) is 0 Å². The normalized spacial score (nSPS) is 10.2. The SMILES string of the molecule is COc1ccc(NC(=O)c2csc(Nc3ccc(OC)c(OC)c3)n2)c(OC)c1. The Kier molecular flexibility index (Phi) is 6.40. The second kappa shape index (κ2) is 9.16. The van der Waals surface area contributed by atoms with Crippen molar-refractivity contribution in [2.75, 3.05) is 39.1 Å². The van der Waals surface area contributed by atoms with Crippen LogP contribution in [-0.4, -0.2) is 39.3 Å². The third kappa shape index (κ3) is 4.69. The van der Waals surface area contributed by atoms with Crippen molar-refractivity contribution >= 4 is 33.8 Å². The maximum absolute atomic E-state index is 12.6. The van der Waals surface area contributed by atoms with E-state index in [2.05, 4.69) is 15.6 Å². The van der Waals surface area contributed by atoms with Crippen LogP contribution >= 0.6 is 11.3 Å². The highest BCUT2D eigenvalue weighted by Gasteiger charge is 2.15. The van der Waals surface area contributed by atoms with Crippen molar-refractivity contribution in [1.82, 2.24) is 4.98 Å². The molecule has 0 fully saturated rings. The van der Waals surface area contributed by atoms with Gasteiger partial charge in [-0.2, -0.15) is 0 Å². The lowest BCUT2D eigenvalue weighted by atomic mass is 10.2. The van der Waals surface area contributed by atoms with Gasteiger partial charge in [-0.05, 0) is 24.3 Å². The Labute approximate surface area is 172 Å². The topological polar surface area (TPSA) is 90.9 Å². The molecule has 8 nitrogen and oxygen atoms in total. The van der Waals surface area contributed by atoms with E-state index in [1.165, 1.54) is 18.4 Å². The number of methoxy groups -OCH3 is 4. The summed E-state index contributed by atoms with van der Waals surface area (Å²) in [7, 11) is 6.24. The molecule has 0 aliphatic rings. The van der Waals surface area contributed by atoms with Gasteiger partial charge in [-0.15, -0.1) is 11.3 Å². The zero-order valence-corrected chi connectivity index (χ0v) is 17.3. The van der Waals surface area contributed by atoms with E-state index in [-0.39, 0.29) is 11.6 Å². The van der Waals surface area contributed by atoms with Gasteiger partial charge in [0.15, 0.2) is 16.6 Å². The third-order valence-corrected chi connectivity index (χ3v) is 4.79. The lowest BCUT2D eigenvalue weighted by Gasteiger charge is -2.11. The van der Waals surface area contributed by atoms with Gasteiger partial charge in [-0.1, -0.05) is 0 Å². The molecule has 2 aromatic carbocycles. The maximum atomic E-state index is 12.6. The zero-order valence-electron chi connectivity index (χ0n) is 16.4. The molecule has 1 heterocycles. The fourth-order valence-electron chi connectivity index (χ4n) is 2.56. The van der Waals surface area contributed by atoms with Gasteiger partial charge in [-0.3, -0.25) is 4.79 Å². The predicted octanol–water partition coefficient (Wildman–Crippen LogP) is 4.17. The van der Waals surface area contributed by atoms with Gasteiger partial charge in [0.2, 0.25) is 0 Å². The summed E-state index contributed by atoms with van der Waals surface area (Å²) in [6.45, 7) is 0. The molecule has 0 saturated heterocycles. The van der Waals surface area contributed by atoms with Gasteiger partial charge in [0.05, 0.1) is 34.1 Å². The lowest BCUT2D eigenvalue weighted by Crippen LogP contribution is -2.13. The molecule has 0 bridgehead atoms. The van der Waals surface area contributed by atoms with Crippen molar-refractivity contribution in [3.63, 3.8) is 0 Å². The second-order valence-corrected chi connectivity index (χ2v) is 6.61. The minimum Gasteiger partial charge on any atom is -0.497 e. The Morgan fingerprint density at radius 3 is 2.34 bits per heavy atom. The fourth-order valence-corrected chi connectivity index (χ4v) is 3.27. The molecule has 1 amide bonds. The number of hydrogen-bond acceptors (Lipinski definition) is 8. The molecule has 1 aromatic heterocycles. The summed E-state index contributed by atoms with van der Waals surface area (Å²) in [6.07, 6.45) is 0. The van der Waals surface area contributed by atoms with Gasteiger partial charge in [0.1, 0.15) is 17.2 Å². The van der Waals surface area contributed by atoms with Crippen molar-refractivity contribution in [3.8, 4) is 23.0 Å². The van der Waals surface area contributed by atoms with E-state index in [0.717, 1.165) is 5.69 Å². The Hall–Kier alpha value is -3.46. The maximum Gasteiger partial charge on any atom is 0.275 e. The van der Waals surface area contributed by atoms with Crippen molar-refractivity contribution < 1.29 is 23.7 Å². The third-order valence-electron chi connectivity index (χ3n) is 4.03. The second-order valence-electron chi connectivity index (χ2n) is 5.75. The summed E-state index contributed by atoms with van der Waals surface area (Å²) in [6, 6.07) is 10.6. The molecule has 0 aliphatic heterocycles. The molecule has 9 heteroatoms. The minimum atomic E-state index is -0.343. The van der Waals surface area contributed by atoms with Crippen LogP contribution in [0.5, 0.6) is 23.0 Å². The number of nitrogens with one attached hydrogen (secondary N) is 2. The average molecular weight is 415 g/mol. The van der Waals surface area contributed by atoms with Crippen LogP contribution in [-0.2, 0) is 0 Å². The molecule has 0 atom stereocenters. The Morgan fingerprint density at radius 2 is 1.66 bits per heavy atom. The predicted molar refractivity (Wildman–Crippen MR) is 112 cm³/mol. The molecule has 0 aliphatic carbocycles. The van der Waals surface area contributed by atoms with Crippen molar-refractivity contribution in [2.45, 2.75) is 0 Å². The number of carbonyl (C=O) groups excluding carboxylic acids is 1. The number of amides is 1. The van der Waals surface area contributed by atoms with Crippen molar-refractivity contribution in [3.05, 3.63) is 47.5 Å². The number of aromatic nitrogens is 1. The molecule has 3 aromatic rings. The molecule has 0 spiro atoms. The van der Waals surface area contributed by atoms with Crippen LogP contribution in [0.4, 0.5) is 16.5 Å². The first-order valence-corrected chi connectivity index (χ1v) is 9.44. The van der Waals surface area contributed by atoms with E-state index >= 15 is 0 Å². The first-order chi connectivity index (χ1) is 14.1. The molecule has 29 heavy (non-hydrogen) atoms. The Balaban J connectivity index is 1.72.